The molecule has 0 spiro atoms. The van der Waals surface area contributed by atoms with Crippen LogP contribution in [0, 0.1) is 0 Å². The minimum Gasteiger partial charge on any atom is -0.366 e. The van der Waals surface area contributed by atoms with Gasteiger partial charge in [0.25, 0.3) is 11.8 Å². The number of pyridine rings is 1. The molecule has 0 saturated heterocycles. The number of primary amides is 1. The van der Waals surface area contributed by atoms with Gasteiger partial charge < -0.3 is 20.1 Å². The van der Waals surface area contributed by atoms with Gasteiger partial charge in [-0.25, -0.2) is 4.39 Å². The molecular weight excluding hydrogens is 493 g/mol. The number of amides is 2. The van der Waals surface area contributed by atoms with Crippen LogP contribution in [0.15, 0.2) is 78.3 Å². The second kappa shape index (κ2) is 9.61. The fourth-order valence-electron chi connectivity index (χ4n) is 4.98. The Hall–Kier alpha value is -3.75. The molecule has 2 amide bonds. The van der Waals surface area contributed by atoms with Gasteiger partial charge in [0, 0.05) is 36.4 Å². The summed E-state index contributed by atoms with van der Waals surface area (Å²) in [5.74, 6) is -1.95. The summed E-state index contributed by atoms with van der Waals surface area (Å²) in [6.07, 6.45) is 4.01. The normalized spacial score (nSPS) is 19.0. The summed E-state index contributed by atoms with van der Waals surface area (Å²) in [7, 11) is 4.05. The first kappa shape index (κ1) is 24.9. The summed E-state index contributed by atoms with van der Waals surface area (Å²) >= 11 is 6.92. The highest BCUT2D eigenvalue weighted by Gasteiger charge is 2.38. The van der Waals surface area contributed by atoms with Gasteiger partial charge in [0.2, 0.25) is 0 Å². The lowest BCUT2D eigenvalue weighted by Gasteiger charge is -2.29. The van der Waals surface area contributed by atoms with E-state index in [9.17, 15) is 14.0 Å². The van der Waals surface area contributed by atoms with Crippen LogP contribution in [0.1, 0.15) is 39.4 Å². The third kappa shape index (κ3) is 4.58. The number of fused-ring (bicyclic) bond motifs is 2. The van der Waals surface area contributed by atoms with Gasteiger partial charge in [-0.3, -0.25) is 14.6 Å². The molecule has 190 valence electrons. The largest absolute Gasteiger partial charge is 0.366 e. The maximum absolute atomic E-state index is 14.3. The molecule has 0 bridgehead atoms. The Morgan fingerprint density at radius 3 is 2.68 bits per heavy atom. The minimum absolute atomic E-state index is 0.0157. The summed E-state index contributed by atoms with van der Waals surface area (Å²) < 4.78 is 16.5. The molecule has 0 radical (unpaired) electrons. The summed E-state index contributed by atoms with van der Waals surface area (Å²) in [5, 5.41) is 0. The van der Waals surface area contributed by atoms with Gasteiger partial charge in [0.05, 0.1) is 23.4 Å². The molecule has 2 N–H and O–H groups in total. The van der Waals surface area contributed by atoms with Crippen LogP contribution in [0.3, 0.4) is 0 Å². The molecule has 1 unspecified atom stereocenters. The Bertz CT molecular complexity index is 1460. The van der Waals surface area contributed by atoms with Gasteiger partial charge in [-0.05, 0) is 68.6 Å². The summed E-state index contributed by atoms with van der Waals surface area (Å²) in [6.45, 7) is 1.76. The van der Waals surface area contributed by atoms with Gasteiger partial charge in [-0.1, -0.05) is 18.2 Å². The quantitative estimate of drug-likeness (QED) is 0.511. The topological polar surface area (TPSA) is 84.5 Å². The van der Waals surface area contributed by atoms with E-state index in [-0.39, 0.29) is 29.2 Å². The SMILES string of the molecule is CN(C)Cc1ccc2n1Cc1ccccc1N(C(=O)c1cccnc1C1(Cl)C=C(C(N)=O)C(F)=CC1)C2. The maximum atomic E-state index is 14.3. The predicted octanol–water partition coefficient (Wildman–Crippen LogP) is 4.26. The lowest BCUT2D eigenvalue weighted by atomic mass is 9.88. The molecule has 9 heteroatoms. The van der Waals surface area contributed by atoms with Gasteiger partial charge in [0.1, 0.15) is 10.7 Å². The fraction of sp³-hybridized carbons (Fsp3) is 0.250. The Balaban J connectivity index is 1.59. The van der Waals surface area contributed by atoms with Crippen molar-refractivity contribution < 1.29 is 14.0 Å². The molecule has 7 nitrogen and oxygen atoms in total. The molecule has 3 heterocycles. The first-order chi connectivity index (χ1) is 17.7. The summed E-state index contributed by atoms with van der Waals surface area (Å²) in [5.41, 5.74) is 9.54. The van der Waals surface area contributed by atoms with E-state index in [2.05, 4.69) is 26.6 Å². The number of nitrogens with two attached hydrogens (primary N) is 1. The first-order valence-electron chi connectivity index (χ1n) is 11.9. The van der Waals surface area contributed by atoms with Crippen molar-refractivity contribution in [3.8, 4) is 0 Å². The predicted molar refractivity (Wildman–Crippen MR) is 141 cm³/mol. The van der Waals surface area contributed by atoms with Crippen molar-refractivity contribution in [2.24, 2.45) is 5.73 Å². The van der Waals surface area contributed by atoms with Crippen LogP contribution < -0.4 is 10.6 Å². The number of aromatic nitrogens is 2. The Morgan fingerprint density at radius 2 is 1.92 bits per heavy atom. The Labute approximate surface area is 219 Å². The first-order valence-corrected chi connectivity index (χ1v) is 12.3. The number of allylic oxidation sites excluding steroid dienone is 2. The standard InChI is InChI=1S/C28H27ClFN5O2/c1-33(2)16-19-9-10-20-17-35(24-8-4-3-6-18(24)15-34(19)20)27(37)21-7-5-13-32-25(21)28(29)12-11-23(30)22(14-28)26(31)36/h3-11,13-14H,12,15-17H2,1-2H3,(H2,31,36). The van der Waals surface area contributed by atoms with E-state index < -0.39 is 16.6 Å². The van der Waals surface area contributed by atoms with Crippen LogP contribution >= 0.6 is 11.6 Å². The molecule has 2 aromatic heterocycles. The molecule has 1 aliphatic heterocycles. The minimum atomic E-state index is -1.41. The fourth-order valence-corrected chi connectivity index (χ4v) is 5.32. The number of hydrogen-bond donors (Lipinski definition) is 1. The van der Waals surface area contributed by atoms with E-state index in [1.165, 1.54) is 18.3 Å². The number of rotatable bonds is 5. The van der Waals surface area contributed by atoms with Crippen molar-refractivity contribution >= 4 is 29.1 Å². The zero-order valence-electron chi connectivity index (χ0n) is 20.6. The number of hydrogen-bond acceptors (Lipinski definition) is 4. The van der Waals surface area contributed by atoms with Crippen molar-refractivity contribution in [3.63, 3.8) is 0 Å². The van der Waals surface area contributed by atoms with E-state index >= 15 is 0 Å². The second-order valence-corrected chi connectivity index (χ2v) is 10.3. The molecular formula is C28H27ClFN5O2. The number of alkyl halides is 1. The van der Waals surface area contributed by atoms with Gasteiger partial charge in [-0.2, -0.15) is 0 Å². The van der Waals surface area contributed by atoms with Crippen molar-refractivity contribution in [3.05, 3.63) is 106 Å². The third-order valence-corrected chi connectivity index (χ3v) is 7.16. The number of carbonyl (C=O) groups is 2. The number of para-hydroxylation sites is 1. The number of halogens is 2. The molecule has 37 heavy (non-hydrogen) atoms. The number of anilines is 1. The Kier molecular flexibility index (Phi) is 6.47. The van der Waals surface area contributed by atoms with Crippen molar-refractivity contribution in [2.75, 3.05) is 19.0 Å². The van der Waals surface area contributed by atoms with Crippen molar-refractivity contribution in [1.82, 2.24) is 14.5 Å². The molecule has 0 saturated carbocycles. The monoisotopic (exact) mass is 519 g/mol. The lowest BCUT2D eigenvalue weighted by molar-refractivity contribution is -0.114. The molecule has 5 rings (SSSR count). The van der Waals surface area contributed by atoms with Crippen LogP contribution in [-0.4, -0.2) is 40.4 Å². The molecule has 3 aromatic rings. The zero-order chi connectivity index (χ0) is 26.3. The maximum Gasteiger partial charge on any atom is 0.260 e. The summed E-state index contributed by atoms with van der Waals surface area (Å²) in [6, 6.07) is 15.3. The molecule has 0 fully saturated rings. The zero-order valence-corrected chi connectivity index (χ0v) is 21.4. The number of nitrogens with zero attached hydrogens (tertiary/aromatic N) is 4. The smallest absolute Gasteiger partial charge is 0.260 e. The van der Waals surface area contributed by atoms with Crippen LogP contribution in [0.5, 0.6) is 0 Å². The highest BCUT2D eigenvalue weighted by atomic mass is 35.5. The van der Waals surface area contributed by atoms with E-state index in [4.69, 9.17) is 17.3 Å². The number of benzene rings is 1. The highest BCUT2D eigenvalue weighted by molar-refractivity contribution is 6.27. The van der Waals surface area contributed by atoms with Crippen molar-refractivity contribution in [1.29, 1.82) is 0 Å². The van der Waals surface area contributed by atoms with Crippen LogP contribution in [0.25, 0.3) is 0 Å². The van der Waals surface area contributed by atoms with Crippen molar-refractivity contribution in [2.45, 2.75) is 30.9 Å². The molecule has 2 aliphatic rings. The van der Waals surface area contributed by atoms with E-state index in [1.807, 2.05) is 38.4 Å². The van der Waals surface area contributed by atoms with Gasteiger partial charge >= 0.3 is 0 Å². The van der Waals surface area contributed by atoms with E-state index in [0.29, 0.717) is 13.1 Å². The van der Waals surface area contributed by atoms with Crippen LogP contribution in [-0.2, 0) is 29.3 Å². The molecule has 1 atom stereocenters. The highest BCUT2D eigenvalue weighted by Crippen LogP contribution is 2.42. The Morgan fingerprint density at radius 1 is 1.14 bits per heavy atom. The lowest BCUT2D eigenvalue weighted by Crippen LogP contribution is -2.34. The average molecular weight is 520 g/mol. The van der Waals surface area contributed by atoms with Gasteiger partial charge in [0.15, 0.2) is 0 Å². The van der Waals surface area contributed by atoms with Gasteiger partial charge in [-0.15, -0.1) is 11.6 Å². The summed E-state index contributed by atoms with van der Waals surface area (Å²) in [4.78, 5) is 32.9. The van der Waals surface area contributed by atoms with E-state index in [0.717, 1.165) is 29.2 Å². The number of carbonyl (C=O) groups excluding carboxylic acids is 2. The van der Waals surface area contributed by atoms with Crippen LogP contribution in [0.4, 0.5) is 10.1 Å². The second-order valence-electron chi connectivity index (χ2n) is 9.60. The average Bonchev–Trinajstić information content (AvgIpc) is 3.14. The molecule has 1 aromatic carbocycles. The molecule has 1 aliphatic carbocycles. The van der Waals surface area contributed by atoms with E-state index in [1.54, 1.807) is 17.0 Å². The third-order valence-electron chi connectivity index (χ3n) is 6.72. The van der Waals surface area contributed by atoms with Crippen LogP contribution in [0.2, 0.25) is 0 Å².